The van der Waals surface area contributed by atoms with Gasteiger partial charge in [-0.2, -0.15) is 0 Å². The van der Waals surface area contributed by atoms with Crippen molar-refractivity contribution in [2.75, 3.05) is 31.1 Å². The van der Waals surface area contributed by atoms with Gasteiger partial charge in [0.25, 0.3) is 0 Å². The molecule has 0 spiro atoms. The number of rotatable bonds is 3. The zero-order chi connectivity index (χ0) is 16.4. The van der Waals surface area contributed by atoms with Gasteiger partial charge in [-0.1, -0.05) is 30.3 Å². The van der Waals surface area contributed by atoms with Crippen LogP contribution in [0.15, 0.2) is 54.9 Å². The second-order valence-corrected chi connectivity index (χ2v) is 6.22. The van der Waals surface area contributed by atoms with Crippen LogP contribution in [0, 0.1) is 5.82 Å². The fraction of sp³-hybridized carbons (Fsp3) is 0.263. The summed E-state index contributed by atoms with van der Waals surface area (Å²) in [6.07, 6.45) is 1.64. The SMILES string of the molecule is Fc1ccccc1C[NH+]1CCN(c2ncnc3ccccc23)CC1. The van der Waals surface area contributed by atoms with E-state index in [1.165, 1.54) is 11.0 Å². The van der Waals surface area contributed by atoms with Crippen molar-refractivity contribution < 1.29 is 9.29 Å². The van der Waals surface area contributed by atoms with E-state index in [4.69, 9.17) is 0 Å². The standard InChI is InChI=1S/C19H19FN4/c20-17-7-3-1-5-15(17)13-23-9-11-24(12-10-23)19-16-6-2-4-8-18(16)21-14-22-19/h1-8,14H,9-13H2/p+1. The minimum Gasteiger partial charge on any atom is -0.345 e. The first kappa shape index (κ1) is 15.0. The Kier molecular flexibility index (Phi) is 4.09. The minimum atomic E-state index is -0.103. The Labute approximate surface area is 140 Å². The van der Waals surface area contributed by atoms with Gasteiger partial charge in [0, 0.05) is 10.9 Å². The van der Waals surface area contributed by atoms with Crippen molar-refractivity contribution in [3.8, 4) is 0 Å². The molecule has 1 fully saturated rings. The Morgan fingerprint density at radius 1 is 0.958 bits per heavy atom. The summed E-state index contributed by atoms with van der Waals surface area (Å²) in [4.78, 5) is 12.6. The molecule has 122 valence electrons. The van der Waals surface area contributed by atoms with Gasteiger partial charge >= 0.3 is 0 Å². The number of piperazine rings is 1. The lowest BCUT2D eigenvalue weighted by Crippen LogP contribution is -3.13. The molecule has 0 saturated carbocycles. The van der Waals surface area contributed by atoms with Crippen LogP contribution in [0.1, 0.15) is 5.56 Å². The highest BCUT2D eigenvalue weighted by Crippen LogP contribution is 2.22. The number of hydrogen-bond donors (Lipinski definition) is 1. The van der Waals surface area contributed by atoms with Gasteiger partial charge in [0.05, 0.1) is 31.7 Å². The van der Waals surface area contributed by atoms with Crippen LogP contribution in [0.4, 0.5) is 10.2 Å². The van der Waals surface area contributed by atoms with Crippen LogP contribution >= 0.6 is 0 Å². The summed E-state index contributed by atoms with van der Waals surface area (Å²) in [5.74, 6) is 0.903. The first-order chi connectivity index (χ1) is 11.8. The van der Waals surface area contributed by atoms with Crippen LogP contribution < -0.4 is 9.80 Å². The minimum absolute atomic E-state index is 0.103. The number of fused-ring (bicyclic) bond motifs is 1. The lowest BCUT2D eigenvalue weighted by atomic mass is 10.1. The molecule has 0 amide bonds. The maximum Gasteiger partial charge on any atom is 0.140 e. The van der Waals surface area contributed by atoms with Crippen molar-refractivity contribution >= 4 is 16.7 Å². The highest BCUT2D eigenvalue weighted by atomic mass is 19.1. The van der Waals surface area contributed by atoms with E-state index in [1.54, 1.807) is 12.4 Å². The van der Waals surface area contributed by atoms with Crippen molar-refractivity contribution in [2.45, 2.75) is 6.54 Å². The second-order valence-electron chi connectivity index (χ2n) is 6.22. The van der Waals surface area contributed by atoms with Gasteiger partial charge in [-0.15, -0.1) is 0 Å². The molecule has 2 aromatic carbocycles. The van der Waals surface area contributed by atoms with Gasteiger partial charge in [0.2, 0.25) is 0 Å². The van der Waals surface area contributed by atoms with Gasteiger partial charge in [0.15, 0.2) is 0 Å². The summed E-state index contributed by atoms with van der Waals surface area (Å²) >= 11 is 0. The maximum absolute atomic E-state index is 13.8. The quantitative estimate of drug-likeness (QED) is 0.796. The van der Waals surface area contributed by atoms with Crippen LogP contribution in [0.3, 0.4) is 0 Å². The van der Waals surface area contributed by atoms with Crippen LogP contribution in [0.2, 0.25) is 0 Å². The molecular formula is C19H20FN4+. The molecule has 1 aliphatic heterocycles. The van der Waals surface area contributed by atoms with Gasteiger partial charge in [-0.3, -0.25) is 0 Å². The molecule has 4 nitrogen and oxygen atoms in total. The molecule has 24 heavy (non-hydrogen) atoms. The number of benzene rings is 2. The predicted octanol–water partition coefficient (Wildman–Crippen LogP) is 1.67. The molecule has 0 unspecified atom stereocenters. The molecule has 0 radical (unpaired) electrons. The van der Waals surface area contributed by atoms with Gasteiger partial charge < -0.3 is 9.80 Å². The predicted molar refractivity (Wildman–Crippen MR) is 92.6 cm³/mol. The summed E-state index contributed by atoms with van der Waals surface area (Å²) in [5.41, 5.74) is 1.78. The first-order valence-corrected chi connectivity index (χ1v) is 8.33. The van der Waals surface area contributed by atoms with E-state index in [0.717, 1.165) is 55.0 Å². The number of nitrogens with zero attached hydrogens (tertiary/aromatic N) is 3. The number of quaternary nitrogens is 1. The maximum atomic E-state index is 13.8. The largest absolute Gasteiger partial charge is 0.345 e. The van der Waals surface area contributed by atoms with E-state index in [9.17, 15) is 4.39 Å². The molecule has 0 atom stereocenters. The average Bonchev–Trinajstić information content (AvgIpc) is 2.64. The van der Waals surface area contributed by atoms with E-state index >= 15 is 0 Å². The molecule has 3 aromatic rings. The van der Waals surface area contributed by atoms with E-state index in [2.05, 4.69) is 20.9 Å². The average molecular weight is 323 g/mol. The van der Waals surface area contributed by atoms with Gasteiger partial charge in [-0.25, -0.2) is 14.4 Å². The summed E-state index contributed by atoms with van der Waals surface area (Å²) in [5, 5.41) is 1.09. The number of aromatic nitrogens is 2. The second kappa shape index (κ2) is 6.53. The van der Waals surface area contributed by atoms with Crippen LogP contribution in [-0.4, -0.2) is 36.1 Å². The fourth-order valence-electron chi connectivity index (χ4n) is 3.37. The fourth-order valence-corrected chi connectivity index (χ4v) is 3.37. The summed E-state index contributed by atoms with van der Waals surface area (Å²) in [7, 11) is 0. The zero-order valence-corrected chi connectivity index (χ0v) is 13.5. The molecule has 0 bridgehead atoms. The lowest BCUT2D eigenvalue weighted by Gasteiger charge is -2.33. The Bertz CT molecular complexity index is 838. The molecule has 0 aliphatic carbocycles. The number of hydrogen-bond acceptors (Lipinski definition) is 3. The smallest absolute Gasteiger partial charge is 0.140 e. The number of para-hydroxylation sites is 1. The molecule has 2 heterocycles. The third-order valence-electron chi connectivity index (χ3n) is 4.69. The zero-order valence-electron chi connectivity index (χ0n) is 13.5. The Hall–Kier alpha value is -2.53. The third-order valence-corrected chi connectivity index (χ3v) is 4.69. The van der Waals surface area contributed by atoms with E-state index < -0.39 is 0 Å². The summed E-state index contributed by atoms with van der Waals surface area (Å²) in [6.45, 7) is 4.54. The first-order valence-electron chi connectivity index (χ1n) is 8.33. The molecule has 5 heteroatoms. The van der Waals surface area contributed by atoms with Crippen LogP contribution in [0.5, 0.6) is 0 Å². The van der Waals surface area contributed by atoms with E-state index in [1.807, 2.05) is 30.3 Å². The van der Waals surface area contributed by atoms with Crippen molar-refractivity contribution in [3.05, 3.63) is 66.2 Å². The molecule has 4 rings (SSSR count). The van der Waals surface area contributed by atoms with Gasteiger partial charge in [-0.05, 0) is 18.2 Å². The van der Waals surface area contributed by atoms with Crippen molar-refractivity contribution in [2.24, 2.45) is 0 Å². The van der Waals surface area contributed by atoms with Crippen molar-refractivity contribution in [3.63, 3.8) is 0 Å². The number of halogens is 1. The molecule has 1 N–H and O–H groups in total. The highest BCUT2D eigenvalue weighted by Gasteiger charge is 2.23. The lowest BCUT2D eigenvalue weighted by molar-refractivity contribution is -0.914. The van der Waals surface area contributed by atoms with Crippen molar-refractivity contribution in [1.29, 1.82) is 0 Å². The summed E-state index contributed by atoms with van der Waals surface area (Å²) in [6, 6.07) is 15.2. The van der Waals surface area contributed by atoms with Crippen LogP contribution in [-0.2, 0) is 6.54 Å². The highest BCUT2D eigenvalue weighted by molar-refractivity contribution is 5.89. The van der Waals surface area contributed by atoms with E-state index in [-0.39, 0.29) is 5.82 Å². The van der Waals surface area contributed by atoms with E-state index in [0.29, 0.717) is 0 Å². The number of nitrogens with one attached hydrogen (secondary N) is 1. The normalized spacial score (nSPS) is 15.8. The third kappa shape index (κ3) is 2.95. The van der Waals surface area contributed by atoms with Gasteiger partial charge in [0.1, 0.15) is 24.5 Å². The Balaban J connectivity index is 1.47. The monoisotopic (exact) mass is 323 g/mol. The molecule has 1 aliphatic rings. The van der Waals surface area contributed by atoms with Crippen molar-refractivity contribution in [1.82, 2.24) is 9.97 Å². The molecule has 1 aromatic heterocycles. The molecule has 1 saturated heterocycles. The van der Waals surface area contributed by atoms with Crippen LogP contribution in [0.25, 0.3) is 10.9 Å². The number of anilines is 1. The molecular weight excluding hydrogens is 303 g/mol. The Morgan fingerprint density at radius 2 is 1.71 bits per heavy atom. The topological polar surface area (TPSA) is 33.5 Å². The Morgan fingerprint density at radius 3 is 2.54 bits per heavy atom. The summed E-state index contributed by atoms with van der Waals surface area (Å²) < 4.78 is 13.8.